The number of rotatable bonds is 2. The van der Waals surface area contributed by atoms with E-state index in [1.165, 1.54) is 6.92 Å². The van der Waals surface area contributed by atoms with Gasteiger partial charge in [-0.05, 0) is 24.6 Å². The lowest BCUT2D eigenvalue weighted by atomic mass is 10.1. The number of pyridine rings is 1. The quantitative estimate of drug-likeness (QED) is 0.713. The van der Waals surface area contributed by atoms with Crippen molar-refractivity contribution in [2.75, 3.05) is 5.32 Å². The summed E-state index contributed by atoms with van der Waals surface area (Å²) in [7, 11) is 0. The van der Waals surface area contributed by atoms with Crippen LogP contribution in [-0.2, 0) is 4.79 Å². The highest BCUT2D eigenvalue weighted by molar-refractivity contribution is 5.87. The molecule has 1 heterocycles. The fraction of sp³-hybridized carbons (Fsp3) is 0.333. The summed E-state index contributed by atoms with van der Waals surface area (Å²) >= 11 is 0. The van der Waals surface area contributed by atoms with Gasteiger partial charge in [-0.2, -0.15) is 0 Å². The lowest BCUT2D eigenvalue weighted by molar-refractivity contribution is -0.114. The molecule has 4 nitrogen and oxygen atoms in total. The molecule has 1 atom stereocenters. The van der Waals surface area contributed by atoms with E-state index in [9.17, 15) is 4.79 Å². The standard InChI is InChI=1S/C9H13N3O/c1-6(10)8-3-4-11-9(5-8)12-7(2)13/h3-6H,10H2,1-2H3,(H,11,12,13). The molecule has 0 saturated carbocycles. The van der Waals surface area contributed by atoms with Crippen LogP contribution in [0.15, 0.2) is 18.3 Å². The van der Waals surface area contributed by atoms with E-state index in [0.29, 0.717) is 5.82 Å². The van der Waals surface area contributed by atoms with Gasteiger partial charge in [-0.25, -0.2) is 4.98 Å². The Balaban J connectivity index is 2.85. The lowest BCUT2D eigenvalue weighted by Gasteiger charge is -2.07. The van der Waals surface area contributed by atoms with Crippen molar-refractivity contribution in [3.63, 3.8) is 0 Å². The Morgan fingerprint density at radius 3 is 2.92 bits per heavy atom. The van der Waals surface area contributed by atoms with Crippen molar-refractivity contribution < 1.29 is 4.79 Å². The molecule has 0 aliphatic heterocycles. The van der Waals surface area contributed by atoms with Gasteiger partial charge in [0.25, 0.3) is 0 Å². The number of carbonyl (C=O) groups excluding carboxylic acids is 1. The molecule has 3 N–H and O–H groups in total. The number of hydrogen-bond acceptors (Lipinski definition) is 3. The van der Waals surface area contributed by atoms with Gasteiger partial charge in [0.1, 0.15) is 5.82 Å². The Bertz CT molecular complexity index is 309. The maximum absolute atomic E-state index is 10.7. The molecule has 13 heavy (non-hydrogen) atoms. The smallest absolute Gasteiger partial charge is 0.222 e. The molecule has 1 aromatic rings. The van der Waals surface area contributed by atoms with E-state index in [4.69, 9.17) is 5.73 Å². The van der Waals surface area contributed by atoms with Crippen molar-refractivity contribution in [3.05, 3.63) is 23.9 Å². The molecule has 70 valence electrons. The van der Waals surface area contributed by atoms with Crippen molar-refractivity contribution in [1.82, 2.24) is 4.98 Å². The predicted molar refractivity (Wildman–Crippen MR) is 51.1 cm³/mol. The number of nitrogens with one attached hydrogen (secondary N) is 1. The van der Waals surface area contributed by atoms with Gasteiger partial charge in [0.15, 0.2) is 0 Å². The third kappa shape index (κ3) is 2.83. The molecule has 1 rings (SSSR count). The number of nitrogens with zero attached hydrogens (tertiary/aromatic N) is 1. The number of carbonyl (C=O) groups is 1. The average Bonchev–Trinajstić information content (AvgIpc) is 2.03. The summed E-state index contributed by atoms with van der Waals surface area (Å²) in [6.45, 7) is 3.33. The summed E-state index contributed by atoms with van der Waals surface area (Å²) in [6.07, 6.45) is 1.63. The molecule has 1 amide bonds. The first-order chi connectivity index (χ1) is 6.09. The van der Waals surface area contributed by atoms with Crippen LogP contribution >= 0.6 is 0 Å². The van der Waals surface area contributed by atoms with E-state index < -0.39 is 0 Å². The fourth-order valence-corrected chi connectivity index (χ4v) is 0.979. The molecule has 1 unspecified atom stereocenters. The normalized spacial score (nSPS) is 12.2. The highest BCUT2D eigenvalue weighted by Crippen LogP contribution is 2.12. The molecular weight excluding hydrogens is 166 g/mol. The zero-order valence-corrected chi connectivity index (χ0v) is 7.74. The van der Waals surface area contributed by atoms with Gasteiger partial charge >= 0.3 is 0 Å². The van der Waals surface area contributed by atoms with Gasteiger partial charge in [0.2, 0.25) is 5.91 Å². The highest BCUT2D eigenvalue weighted by atomic mass is 16.1. The molecule has 0 spiro atoms. The zero-order valence-electron chi connectivity index (χ0n) is 7.74. The van der Waals surface area contributed by atoms with Crippen LogP contribution in [-0.4, -0.2) is 10.9 Å². The van der Waals surface area contributed by atoms with E-state index >= 15 is 0 Å². The van der Waals surface area contributed by atoms with Crippen molar-refractivity contribution in [1.29, 1.82) is 0 Å². The third-order valence-corrected chi connectivity index (χ3v) is 1.61. The maximum atomic E-state index is 10.7. The molecule has 0 fully saturated rings. The monoisotopic (exact) mass is 179 g/mol. The lowest BCUT2D eigenvalue weighted by Crippen LogP contribution is -2.10. The summed E-state index contributed by atoms with van der Waals surface area (Å²) < 4.78 is 0. The minimum absolute atomic E-state index is 0.0458. The largest absolute Gasteiger partial charge is 0.324 e. The SMILES string of the molecule is CC(=O)Nc1cc(C(C)N)ccn1. The fourth-order valence-electron chi connectivity index (χ4n) is 0.979. The molecule has 1 aromatic heterocycles. The van der Waals surface area contributed by atoms with Gasteiger partial charge < -0.3 is 11.1 Å². The molecule has 0 radical (unpaired) electrons. The molecule has 0 bridgehead atoms. The molecule has 0 aliphatic rings. The van der Waals surface area contributed by atoms with Crippen LogP contribution < -0.4 is 11.1 Å². The van der Waals surface area contributed by atoms with Gasteiger partial charge in [-0.15, -0.1) is 0 Å². The third-order valence-electron chi connectivity index (χ3n) is 1.61. The minimum atomic E-state index is -0.130. The van der Waals surface area contributed by atoms with E-state index in [2.05, 4.69) is 10.3 Å². The van der Waals surface area contributed by atoms with Crippen molar-refractivity contribution >= 4 is 11.7 Å². The van der Waals surface area contributed by atoms with E-state index in [0.717, 1.165) is 5.56 Å². The Labute approximate surface area is 77.2 Å². The van der Waals surface area contributed by atoms with Crippen LogP contribution in [0.2, 0.25) is 0 Å². The minimum Gasteiger partial charge on any atom is -0.324 e. The first-order valence-electron chi connectivity index (χ1n) is 4.08. The first-order valence-corrected chi connectivity index (χ1v) is 4.08. The second-order valence-electron chi connectivity index (χ2n) is 2.94. The van der Waals surface area contributed by atoms with E-state index in [1.807, 2.05) is 13.0 Å². The summed E-state index contributed by atoms with van der Waals surface area (Å²) in [4.78, 5) is 14.7. The van der Waals surface area contributed by atoms with Crippen LogP contribution in [0.1, 0.15) is 25.5 Å². The highest BCUT2D eigenvalue weighted by Gasteiger charge is 2.01. The summed E-state index contributed by atoms with van der Waals surface area (Å²) in [6, 6.07) is 3.55. The predicted octanol–water partition coefficient (Wildman–Crippen LogP) is 1.06. The average molecular weight is 179 g/mol. The van der Waals surface area contributed by atoms with Gasteiger partial charge in [-0.3, -0.25) is 4.79 Å². The van der Waals surface area contributed by atoms with E-state index in [1.54, 1.807) is 12.3 Å². The summed E-state index contributed by atoms with van der Waals surface area (Å²) in [5.41, 5.74) is 6.63. The van der Waals surface area contributed by atoms with Crippen LogP contribution in [0.3, 0.4) is 0 Å². The van der Waals surface area contributed by atoms with Crippen molar-refractivity contribution in [3.8, 4) is 0 Å². The van der Waals surface area contributed by atoms with E-state index in [-0.39, 0.29) is 11.9 Å². The number of anilines is 1. The molecule has 0 aromatic carbocycles. The Morgan fingerprint density at radius 1 is 1.69 bits per heavy atom. The first kappa shape index (κ1) is 9.67. The Hall–Kier alpha value is -1.42. The van der Waals surface area contributed by atoms with Crippen LogP contribution in [0, 0.1) is 0 Å². The molecule has 0 saturated heterocycles. The second kappa shape index (κ2) is 4.00. The molecule has 0 aliphatic carbocycles. The van der Waals surface area contributed by atoms with Gasteiger partial charge in [0, 0.05) is 19.2 Å². The van der Waals surface area contributed by atoms with Crippen molar-refractivity contribution in [2.24, 2.45) is 5.73 Å². The van der Waals surface area contributed by atoms with Crippen molar-refractivity contribution in [2.45, 2.75) is 19.9 Å². The van der Waals surface area contributed by atoms with Gasteiger partial charge in [0.05, 0.1) is 0 Å². The number of aromatic nitrogens is 1. The Kier molecular flexibility index (Phi) is 2.97. The van der Waals surface area contributed by atoms with Gasteiger partial charge in [-0.1, -0.05) is 0 Å². The van der Waals surface area contributed by atoms with Crippen LogP contribution in [0.5, 0.6) is 0 Å². The number of hydrogen-bond donors (Lipinski definition) is 2. The zero-order chi connectivity index (χ0) is 9.84. The summed E-state index contributed by atoms with van der Waals surface area (Å²) in [5, 5.41) is 2.59. The Morgan fingerprint density at radius 2 is 2.38 bits per heavy atom. The number of amides is 1. The maximum Gasteiger partial charge on any atom is 0.222 e. The van der Waals surface area contributed by atoms with Crippen LogP contribution in [0.25, 0.3) is 0 Å². The summed E-state index contributed by atoms with van der Waals surface area (Å²) in [5.74, 6) is 0.414. The topological polar surface area (TPSA) is 68.0 Å². The molecular formula is C9H13N3O. The van der Waals surface area contributed by atoms with Crippen LogP contribution in [0.4, 0.5) is 5.82 Å². The number of nitrogens with two attached hydrogens (primary N) is 1. The molecule has 4 heteroatoms. The second-order valence-corrected chi connectivity index (χ2v) is 2.94.